The maximum atomic E-state index is 13.1. The maximum Gasteiger partial charge on any atom is 0.124 e. The summed E-state index contributed by atoms with van der Waals surface area (Å²) in [5.41, 5.74) is 6.14. The van der Waals surface area contributed by atoms with E-state index in [0.717, 1.165) is 20.7 Å². The zero-order chi connectivity index (χ0) is 12.5. The van der Waals surface area contributed by atoms with Gasteiger partial charge in [-0.15, -0.1) is 11.3 Å². The van der Waals surface area contributed by atoms with Crippen molar-refractivity contribution in [1.29, 1.82) is 0 Å². The van der Waals surface area contributed by atoms with Crippen LogP contribution in [0.3, 0.4) is 0 Å². The van der Waals surface area contributed by atoms with E-state index in [0.29, 0.717) is 6.42 Å². The smallest absolute Gasteiger partial charge is 0.124 e. The Hall–Kier alpha value is -1.65. The molecule has 0 bridgehead atoms. The van der Waals surface area contributed by atoms with E-state index in [1.165, 1.54) is 17.4 Å². The maximum absolute atomic E-state index is 13.1. The Labute approximate surface area is 108 Å². The number of nitrogens with two attached hydrogens (primary N) is 1. The van der Waals surface area contributed by atoms with Gasteiger partial charge in [-0.1, -0.05) is 6.07 Å². The van der Waals surface area contributed by atoms with Crippen molar-refractivity contribution in [3.8, 4) is 0 Å². The van der Waals surface area contributed by atoms with Gasteiger partial charge in [0.05, 0.1) is 6.26 Å². The summed E-state index contributed by atoms with van der Waals surface area (Å²) in [6.45, 7) is 0. The van der Waals surface area contributed by atoms with Gasteiger partial charge >= 0.3 is 0 Å². The summed E-state index contributed by atoms with van der Waals surface area (Å²) >= 11 is 1.53. The number of thiophene rings is 1. The first kappa shape index (κ1) is 11.4. The quantitative estimate of drug-likeness (QED) is 0.777. The normalized spacial score (nSPS) is 13.0. The number of fused-ring (bicyclic) bond motifs is 1. The molecule has 2 aromatic heterocycles. The van der Waals surface area contributed by atoms with Crippen LogP contribution >= 0.6 is 11.3 Å². The number of benzene rings is 1. The molecule has 0 aliphatic carbocycles. The summed E-state index contributed by atoms with van der Waals surface area (Å²) in [5.74, 6) is 0.654. The second-order valence-electron chi connectivity index (χ2n) is 4.22. The molecule has 1 unspecified atom stereocenters. The standard InChI is InChI=1S/C14H12FNOS/c15-10-4-3-9-6-14(18-13(9)7-10)12(16)8-11-2-1-5-17-11/h1-7,12H,8,16H2. The molecule has 0 saturated heterocycles. The molecule has 0 aliphatic heterocycles. The molecular formula is C14H12FNOS. The van der Waals surface area contributed by atoms with Crippen LogP contribution in [0, 0.1) is 5.82 Å². The summed E-state index contributed by atoms with van der Waals surface area (Å²) in [5, 5.41) is 1.03. The molecule has 2 heterocycles. The van der Waals surface area contributed by atoms with Crippen molar-refractivity contribution in [3.05, 3.63) is 59.1 Å². The van der Waals surface area contributed by atoms with Crippen molar-refractivity contribution >= 4 is 21.4 Å². The van der Waals surface area contributed by atoms with E-state index < -0.39 is 0 Å². The molecule has 3 aromatic rings. The van der Waals surface area contributed by atoms with Crippen LogP contribution in [0.15, 0.2) is 47.1 Å². The summed E-state index contributed by atoms with van der Waals surface area (Å²) in [4.78, 5) is 1.05. The lowest BCUT2D eigenvalue weighted by Crippen LogP contribution is -2.11. The van der Waals surface area contributed by atoms with E-state index in [2.05, 4.69) is 0 Å². The van der Waals surface area contributed by atoms with Crippen LogP contribution in [0.25, 0.3) is 10.1 Å². The van der Waals surface area contributed by atoms with Gasteiger partial charge in [-0.2, -0.15) is 0 Å². The van der Waals surface area contributed by atoms with E-state index in [4.69, 9.17) is 10.2 Å². The van der Waals surface area contributed by atoms with Gasteiger partial charge < -0.3 is 10.2 Å². The van der Waals surface area contributed by atoms with Gasteiger partial charge in [-0.3, -0.25) is 0 Å². The first-order valence-corrected chi connectivity index (χ1v) is 6.51. The molecule has 0 spiro atoms. The Morgan fingerprint density at radius 3 is 2.94 bits per heavy atom. The van der Waals surface area contributed by atoms with Gasteiger partial charge in [0.1, 0.15) is 11.6 Å². The molecule has 2 N–H and O–H groups in total. The Morgan fingerprint density at radius 1 is 1.28 bits per heavy atom. The third-order valence-corrected chi connectivity index (χ3v) is 4.10. The molecule has 0 saturated carbocycles. The highest BCUT2D eigenvalue weighted by Crippen LogP contribution is 2.30. The lowest BCUT2D eigenvalue weighted by atomic mass is 10.1. The second kappa shape index (κ2) is 4.55. The van der Waals surface area contributed by atoms with E-state index in [9.17, 15) is 4.39 Å². The minimum Gasteiger partial charge on any atom is -0.469 e. The SMILES string of the molecule is NC(Cc1ccco1)c1cc2ccc(F)cc2s1. The second-order valence-corrected chi connectivity index (χ2v) is 5.34. The fraction of sp³-hybridized carbons (Fsp3) is 0.143. The van der Waals surface area contributed by atoms with Crippen molar-refractivity contribution < 1.29 is 8.81 Å². The van der Waals surface area contributed by atoms with Crippen LogP contribution < -0.4 is 5.73 Å². The Morgan fingerprint density at radius 2 is 2.17 bits per heavy atom. The fourth-order valence-corrected chi connectivity index (χ4v) is 3.05. The van der Waals surface area contributed by atoms with Gasteiger partial charge in [-0.05, 0) is 35.7 Å². The highest BCUT2D eigenvalue weighted by atomic mass is 32.1. The summed E-state index contributed by atoms with van der Waals surface area (Å²) in [7, 11) is 0. The minimum absolute atomic E-state index is 0.114. The van der Waals surface area contributed by atoms with Crippen molar-refractivity contribution in [3.63, 3.8) is 0 Å². The van der Waals surface area contributed by atoms with Gasteiger partial charge in [0.15, 0.2) is 0 Å². The molecular weight excluding hydrogens is 249 g/mol. The molecule has 4 heteroatoms. The van der Waals surface area contributed by atoms with Gasteiger partial charge in [0.2, 0.25) is 0 Å². The molecule has 3 rings (SSSR count). The lowest BCUT2D eigenvalue weighted by molar-refractivity contribution is 0.490. The zero-order valence-electron chi connectivity index (χ0n) is 9.60. The third-order valence-electron chi connectivity index (χ3n) is 2.87. The van der Waals surface area contributed by atoms with Gasteiger partial charge in [-0.25, -0.2) is 4.39 Å². The number of rotatable bonds is 3. The van der Waals surface area contributed by atoms with Crippen LogP contribution in [-0.2, 0) is 6.42 Å². The molecule has 0 radical (unpaired) electrons. The van der Waals surface area contributed by atoms with Crippen molar-refractivity contribution in [1.82, 2.24) is 0 Å². The lowest BCUT2D eigenvalue weighted by Gasteiger charge is -2.06. The predicted octanol–water partition coefficient (Wildman–Crippen LogP) is 3.88. The van der Waals surface area contributed by atoms with E-state index >= 15 is 0 Å². The molecule has 92 valence electrons. The van der Waals surface area contributed by atoms with Crippen LogP contribution in [0.2, 0.25) is 0 Å². The summed E-state index contributed by atoms with van der Waals surface area (Å²) in [6.07, 6.45) is 2.30. The van der Waals surface area contributed by atoms with Gasteiger partial charge in [0, 0.05) is 22.0 Å². The van der Waals surface area contributed by atoms with Crippen molar-refractivity contribution in [2.45, 2.75) is 12.5 Å². The van der Waals surface area contributed by atoms with E-state index in [1.807, 2.05) is 18.2 Å². The highest BCUT2D eigenvalue weighted by molar-refractivity contribution is 7.19. The molecule has 0 aliphatic rings. The first-order valence-electron chi connectivity index (χ1n) is 5.69. The molecule has 1 atom stereocenters. The van der Waals surface area contributed by atoms with Gasteiger partial charge in [0.25, 0.3) is 0 Å². The zero-order valence-corrected chi connectivity index (χ0v) is 10.4. The Kier molecular flexibility index (Phi) is 2.89. The van der Waals surface area contributed by atoms with Crippen LogP contribution in [-0.4, -0.2) is 0 Å². The van der Waals surface area contributed by atoms with Crippen LogP contribution in [0.1, 0.15) is 16.7 Å². The molecule has 2 nitrogen and oxygen atoms in total. The number of hydrogen-bond acceptors (Lipinski definition) is 3. The summed E-state index contributed by atoms with van der Waals surface area (Å²) < 4.78 is 19.3. The molecule has 18 heavy (non-hydrogen) atoms. The van der Waals surface area contributed by atoms with Crippen molar-refractivity contribution in [2.75, 3.05) is 0 Å². The third kappa shape index (κ3) is 2.17. The Balaban J connectivity index is 1.89. The van der Waals surface area contributed by atoms with E-state index in [1.54, 1.807) is 18.4 Å². The largest absolute Gasteiger partial charge is 0.469 e. The van der Waals surface area contributed by atoms with Crippen LogP contribution in [0.5, 0.6) is 0 Å². The average Bonchev–Trinajstić information content (AvgIpc) is 2.96. The average molecular weight is 261 g/mol. The number of furan rings is 1. The highest BCUT2D eigenvalue weighted by Gasteiger charge is 2.12. The van der Waals surface area contributed by atoms with Crippen molar-refractivity contribution in [2.24, 2.45) is 5.73 Å². The van der Waals surface area contributed by atoms with Crippen LogP contribution in [0.4, 0.5) is 4.39 Å². The molecule has 1 aromatic carbocycles. The minimum atomic E-state index is -0.212. The number of hydrogen-bond donors (Lipinski definition) is 1. The fourth-order valence-electron chi connectivity index (χ4n) is 1.95. The Bertz CT molecular complexity index is 660. The molecule has 0 fully saturated rings. The van der Waals surface area contributed by atoms with E-state index in [-0.39, 0.29) is 11.9 Å². The summed E-state index contributed by atoms with van der Waals surface area (Å²) in [6, 6.07) is 10.5. The predicted molar refractivity (Wildman–Crippen MR) is 71.1 cm³/mol. The topological polar surface area (TPSA) is 39.2 Å². The monoisotopic (exact) mass is 261 g/mol. The number of halogens is 1. The molecule has 0 amide bonds. The first-order chi connectivity index (χ1) is 8.72.